The minimum Gasteiger partial charge on any atom is -0.487 e. The van der Waals surface area contributed by atoms with Crippen molar-refractivity contribution >= 4 is 11.6 Å². The van der Waals surface area contributed by atoms with E-state index in [9.17, 15) is 4.39 Å². The van der Waals surface area contributed by atoms with Crippen LogP contribution in [0.15, 0.2) is 42.5 Å². The quantitative estimate of drug-likeness (QED) is 0.863. The molecule has 0 amide bonds. The van der Waals surface area contributed by atoms with Crippen LogP contribution in [0.3, 0.4) is 0 Å². The maximum Gasteiger partial charge on any atom is 0.138 e. The van der Waals surface area contributed by atoms with Gasteiger partial charge >= 0.3 is 0 Å². The molecule has 106 valence electrons. The van der Waals surface area contributed by atoms with Crippen molar-refractivity contribution in [3.8, 4) is 5.75 Å². The summed E-state index contributed by atoms with van der Waals surface area (Å²) >= 11 is 5.94. The summed E-state index contributed by atoms with van der Waals surface area (Å²) in [7, 11) is 0. The first kappa shape index (κ1) is 14.8. The highest BCUT2D eigenvalue weighted by molar-refractivity contribution is 6.32. The molecule has 0 saturated carbocycles. The highest BCUT2D eigenvalue weighted by Crippen LogP contribution is 2.26. The molecule has 0 atom stereocenters. The zero-order valence-corrected chi connectivity index (χ0v) is 12.1. The lowest BCUT2D eigenvalue weighted by Gasteiger charge is -2.12. The largest absolute Gasteiger partial charge is 0.487 e. The molecule has 0 spiro atoms. The summed E-state index contributed by atoms with van der Waals surface area (Å²) in [6.07, 6.45) is 0. The van der Waals surface area contributed by atoms with Crippen LogP contribution in [-0.2, 0) is 13.2 Å². The van der Waals surface area contributed by atoms with E-state index < -0.39 is 0 Å². The third-order valence-corrected chi connectivity index (χ3v) is 3.26. The molecule has 4 heteroatoms. The molecule has 2 aromatic carbocycles. The second-order valence-electron chi connectivity index (χ2n) is 4.41. The first-order valence-corrected chi connectivity index (χ1v) is 6.94. The first-order chi connectivity index (χ1) is 9.70. The van der Waals surface area contributed by atoms with Crippen molar-refractivity contribution in [3.05, 3.63) is 64.4 Å². The van der Waals surface area contributed by atoms with Crippen LogP contribution in [-0.4, -0.2) is 6.54 Å². The number of ether oxygens (including phenoxy) is 1. The van der Waals surface area contributed by atoms with Crippen molar-refractivity contribution in [1.82, 2.24) is 5.32 Å². The fourth-order valence-corrected chi connectivity index (χ4v) is 2.10. The predicted molar refractivity (Wildman–Crippen MR) is 79.6 cm³/mol. The summed E-state index contributed by atoms with van der Waals surface area (Å²) in [5.74, 6) is 0.126. The number of rotatable bonds is 6. The van der Waals surface area contributed by atoms with Gasteiger partial charge in [0, 0.05) is 6.54 Å². The van der Waals surface area contributed by atoms with Crippen molar-refractivity contribution < 1.29 is 9.13 Å². The molecule has 20 heavy (non-hydrogen) atoms. The van der Waals surface area contributed by atoms with E-state index in [0.29, 0.717) is 12.4 Å². The average molecular weight is 294 g/mol. The van der Waals surface area contributed by atoms with Crippen molar-refractivity contribution in [2.45, 2.75) is 20.1 Å². The minimum absolute atomic E-state index is 0.286. The molecule has 0 aromatic heterocycles. The number of benzene rings is 2. The molecule has 0 bridgehead atoms. The Hall–Kier alpha value is -1.58. The number of halogens is 2. The van der Waals surface area contributed by atoms with Crippen LogP contribution in [0.1, 0.15) is 18.1 Å². The third kappa shape index (κ3) is 3.95. The molecule has 1 N–H and O–H groups in total. The molecular weight excluding hydrogens is 277 g/mol. The summed E-state index contributed by atoms with van der Waals surface area (Å²) in [5, 5.41) is 3.58. The Kier molecular flexibility index (Phi) is 5.39. The Morgan fingerprint density at radius 2 is 1.90 bits per heavy atom. The van der Waals surface area contributed by atoms with Gasteiger partial charge in [0.1, 0.15) is 18.2 Å². The Labute approximate surface area is 123 Å². The molecule has 2 nitrogen and oxygen atoms in total. The molecule has 2 aromatic rings. The molecule has 0 saturated heterocycles. The average Bonchev–Trinajstić information content (AvgIpc) is 2.45. The van der Waals surface area contributed by atoms with Gasteiger partial charge in [0.05, 0.1) is 5.02 Å². The fourth-order valence-electron chi connectivity index (χ4n) is 1.88. The van der Waals surface area contributed by atoms with Gasteiger partial charge in [-0.15, -0.1) is 0 Å². The van der Waals surface area contributed by atoms with E-state index in [2.05, 4.69) is 18.3 Å². The van der Waals surface area contributed by atoms with Crippen LogP contribution < -0.4 is 10.1 Å². The van der Waals surface area contributed by atoms with Gasteiger partial charge in [0.25, 0.3) is 0 Å². The van der Waals surface area contributed by atoms with E-state index in [1.54, 1.807) is 6.07 Å². The summed E-state index contributed by atoms with van der Waals surface area (Å²) in [6, 6.07) is 12.2. The Balaban J connectivity index is 2.06. The van der Waals surface area contributed by atoms with Crippen LogP contribution in [0.2, 0.25) is 5.02 Å². The molecule has 0 unspecified atom stereocenters. The zero-order chi connectivity index (χ0) is 14.4. The van der Waals surface area contributed by atoms with Crippen molar-refractivity contribution in [2.75, 3.05) is 6.54 Å². The molecule has 0 fully saturated rings. The fraction of sp³-hybridized carbons (Fsp3) is 0.250. The smallest absolute Gasteiger partial charge is 0.138 e. The van der Waals surface area contributed by atoms with Crippen LogP contribution in [0.5, 0.6) is 5.75 Å². The molecule has 0 radical (unpaired) electrons. The molecule has 0 aliphatic carbocycles. The second-order valence-corrected chi connectivity index (χ2v) is 4.82. The normalized spacial score (nSPS) is 10.6. The van der Waals surface area contributed by atoms with Gasteiger partial charge in [0.2, 0.25) is 0 Å². The number of hydrogen-bond acceptors (Lipinski definition) is 2. The minimum atomic E-state index is -0.366. The summed E-state index contributed by atoms with van der Waals surface area (Å²) in [6.45, 7) is 4.19. The van der Waals surface area contributed by atoms with E-state index in [0.717, 1.165) is 18.7 Å². The Morgan fingerprint density at radius 1 is 1.15 bits per heavy atom. The van der Waals surface area contributed by atoms with E-state index in [4.69, 9.17) is 16.3 Å². The van der Waals surface area contributed by atoms with Crippen LogP contribution in [0.25, 0.3) is 0 Å². The van der Waals surface area contributed by atoms with Crippen LogP contribution >= 0.6 is 11.6 Å². The Morgan fingerprint density at radius 3 is 2.60 bits per heavy atom. The molecule has 0 aliphatic rings. The van der Waals surface area contributed by atoms with Gasteiger partial charge in [-0.2, -0.15) is 0 Å². The SMILES string of the molecule is CCNCc1ccccc1COc1ccc(F)cc1Cl. The molecule has 0 aliphatic heterocycles. The lowest BCUT2D eigenvalue weighted by molar-refractivity contribution is 0.304. The van der Waals surface area contributed by atoms with Crippen molar-refractivity contribution in [3.63, 3.8) is 0 Å². The van der Waals surface area contributed by atoms with E-state index in [-0.39, 0.29) is 10.8 Å². The van der Waals surface area contributed by atoms with Gasteiger partial charge in [-0.05, 0) is 35.9 Å². The zero-order valence-electron chi connectivity index (χ0n) is 11.3. The van der Waals surface area contributed by atoms with Gasteiger partial charge in [0.15, 0.2) is 0 Å². The summed E-state index contributed by atoms with van der Waals surface area (Å²) in [4.78, 5) is 0. The monoisotopic (exact) mass is 293 g/mol. The summed E-state index contributed by atoms with van der Waals surface area (Å²) < 4.78 is 18.6. The van der Waals surface area contributed by atoms with E-state index in [1.807, 2.05) is 18.2 Å². The van der Waals surface area contributed by atoms with Gasteiger partial charge in [-0.25, -0.2) is 4.39 Å². The van der Waals surface area contributed by atoms with Crippen LogP contribution in [0.4, 0.5) is 4.39 Å². The topological polar surface area (TPSA) is 21.3 Å². The maximum atomic E-state index is 13.0. The first-order valence-electron chi connectivity index (χ1n) is 6.56. The van der Waals surface area contributed by atoms with E-state index >= 15 is 0 Å². The third-order valence-electron chi connectivity index (χ3n) is 2.96. The van der Waals surface area contributed by atoms with E-state index in [1.165, 1.54) is 17.7 Å². The van der Waals surface area contributed by atoms with Gasteiger partial charge in [-0.1, -0.05) is 42.8 Å². The van der Waals surface area contributed by atoms with Gasteiger partial charge < -0.3 is 10.1 Å². The van der Waals surface area contributed by atoms with Gasteiger partial charge in [-0.3, -0.25) is 0 Å². The number of hydrogen-bond donors (Lipinski definition) is 1. The lowest BCUT2D eigenvalue weighted by atomic mass is 10.1. The number of nitrogens with one attached hydrogen (secondary N) is 1. The molecule has 0 heterocycles. The molecule has 2 rings (SSSR count). The summed E-state index contributed by atoms with van der Waals surface area (Å²) in [5.41, 5.74) is 2.28. The maximum absolute atomic E-state index is 13.0. The molecular formula is C16H17ClFNO. The highest BCUT2D eigenvalue weighted by atomic mass is 35.5. The van der Waals surface area contributed by atoms with Crippen molar-refractivity contribution in [2.24, 2.45) is 0 Å². The van der Waals surface area contributed by atoms with Crippen LogP contribution in [0, 0.1) is 5.82 Å². The lowest BCUT2D eigenvalue weighted by Crippen LogP contribution is -2.14. The van der Waals surface area contributed by atoms with Crippen molar-refractivity contribution in [1.29, 1.82) is 0 Å². The standard InChI is InChI=1S/C16H17ClFNO/c1-2-19-10-12-5-3-4-6-13(12)11-20-16-8-7-14(18)9-15(16)17/h3-9,19H,2,10-11H2,1H3. The Bertz CT molecular complexity index is 574. The second kappa shape index (κ2) is 7.27. The highest BCUT2D eigenvalue weighted by Gasteiger charge is 2.06. The predicted octanol–water partition coefficient (Wildman–Crippen LogP) is 4.17.